The Morgan fingerprint density at radius 2 is 1.33 bits per heavy atom. The van der Waals surface area contributed by atoms with Gasteiger partial charge >= 0.3 is 0 Å². The number of aryl methyl sites for hydroxylation is 2. The molecular formula is C44H64ClN13O12. The summed E-state index contributed by atoms with van der Waals surface area (Å²) >= 11 is 5.89. The van der Waals surface area contributed by atoms with Gasteiger partial charge in [0.1, 0.15) is 36.6 Å². The fraction of sp³-hybridized carbons (Fsp3) is 0.523. The van der Waals surface area contributed by atoms with Gasteiger partial charge in [0.25, 0.3) is 5.91 Å². The molecule has 2 aromatic heterocycles. The van der Waals surface area contributed by atoms with E-state index in [1.54, 1.807) is 0 Å². The van der Waals surface area contributed by atoms with Crippen LogP contribution in [0, 0.1) is 0 Å². The SMILES string of the molecule is C=Nc1nc(N)c(Cl)nc1C(=O)NC(N)=NCCCCc1ccc(-c2ccc(CCC(=O)N[C@@H](CCCCN(C[C@H](O)[C@@H](O)[C@H](O)[C@H](O)CO)C[C@H](O)[C@@H](O)[C@H](O)[C@H](O)CO)c3nn[nH]n3)cc2)cc1. The zero-order chi connectivity index (χ0) is 51.3. The summed E-state index contributed by atoms with van der Waals surface area (Å²) in [5.41, 5.74) is 15.4. The topological polar surface area (TPSA) is 421 Å². The lowest BCUT2D eigenvalue weighted by Crippen LogP contribution is -2.53. The first-order chi connectivity index (χ1) is 33.4. The van der Waals surface area contributed by atoms with Gasteiger partial charge in [-0.2, -0.15) is 5.21 Å². The number of aliphatic hydroxyl groups is 10. The molecule has 25 nitrogen and oxygen atoms in total. The number of amides is 2. The molecule has 0 unspecified atom stereocenters. The molecule has 0 bridgehead atoms. The smallest absolute Gasteiger partial charge is 0.280 e. The number of unbranched alkanes of at least 4 members (excludes halogenated alkanes) is 2. The highest BCUT2D eigenvalue weighted by Crippen LogP contribution is 2.24. The molecule has 2 heterocycles. The molecule has 17 N–H and O–H groups in total. The average molecular weight is 1000 g/mol. The summed E-state index contributed by atoms with van der Waals surface area (Å²) in [6.45, 7) is 1.25. The van der Waals surface area contributed by atoms with Crippen LogP contribution in [0.5, 0.6) is 0 Å². The maximum Gasteiger partial charge on any atom is 0.280 e. The molecule has 0 spiro atoms. The second-order valence-corrected chi connectivity index (χ2v) is 16.9. The Kier molecular flexibility index (Phi) is 23.5. The molecule has 0 saturated carbocycles. The number of halogens is 1. The van der Waals surface area contributed by atoms with Gasteiger partial charge in [-0.05, 0) is 80.5 Å². The lowest BCUT2D eigenvalue weighted by molar-refractivity contribution is -0.130. The van der Waals surface area contributed by atoms with E-state index in [0.717, 1.165) is 35.1 Å². The molecule has 4 rings (SSSR count). The maximum atomic E-state index is 13.2. The normalized spacial score (nSPS) is 15.9. The first-order valence-electron chi connectivity index (χ1n) is 22.5. The van der Waals surface area contributed by atoms with E-state index in [1.807, 2.05) is 36.4 Å². The van der Waals surface area contributed by atoms with E-state index in [4.69, 9.17) is 33.3 Å². The second-order valence-electron chi connectivity index (χ2n) is 16.5. The zero-order valence-electron chi connectivity index (χ0n) is 38.3. The lowest BCUT2D eigenvalue weighted by atomic mass is 9.99. The van der Waals surface area contributed by atoms with Crippen molar-refractivity contribution < 1.29 is 60.7 Å². The number of rotatable bonds is 30. The second kappa shape index (κ2) is 28.9. The Labute approximate surface area is 408 Å². The van der Waals surface area contributed by atoms with Gasteiger partial charge in [0.05, 0.1) is 31.5 Å². The molecule has 0 fully saturated rings. The Bertz CT molecular complexity index is 2220. The molecule has 0 radical (unpaired) electrons. The number of aromatic nitrogens is 6. The van der Waals surface area contributed by atoms with Crippen molar-refractivity contribution in [3.8, 4) is 11.1 Å². The summed E-state index contributed by atoms with van der Waals surface area (Å²) in [6.07, 6.45) is -10.6. The number of aliphatic imine (C=N–C) groups is 2. The number of anilines is 1. The number of guanidine groups is 1. The number of carbonyl (C=O) groups is 2. The van der Waals surface area contributed by atoms with Crippen molar-refractivity contribution in [1.82, 2.24) is 46.1 Å². The summed E-state index contributed by atoms with van der Waals surface area (Å²) in [5, 5.41) is 119. The predicted octanol–water partition coefficient (Wildman–Crippen LogP) is -2.57. The van der Waals surface area contributed by atoms with Crippen LogP contribution >= 0.6 is 11.6 Å². The first kappa shape index (κ1) is 56.9. The largest absolute Gasteiger partial charge is 0.394 e. The van der Waals surface area contributed by atoms with E-state index < -0.39 is 87.1 Å². The number of benzene rings is 2. The summed E-state index contributed by atoms with van der Waals surface area (Å²) in [7, 11) is 0. The van der Waals surface area contributed by atoms with E-state index in [1.165, 1.54) is 4.90 Å². The van der Waals surface area contributed by atoms with Crippen LogP contribution in [0.15, 0.2) is 58.5 Å². The molecule has 9 atom stereocenters. The Hall–Kier alpha value is -5.68. The number of H-pyrrole nitrogens is 1. The molecule has 384 valence electrons. The van der Waals surface area contributed by atoms with Crippen molar-refractivity contribution in [2.45, 2.75) is 106 Å². The molecule has 2 aromatic carbocycles. The Balaban J connectivity index is 1.23. The van der Waals surface area contributed by atoms with Gasteiger partial charge in [0.15, 0.2) is 34.3 Å². The van der Waals surface area contributed by atoms with Gasteiger partial charge in [-0.25, -0.2) is 15.0 Å². The molecule has 26 heteroatoms. The van der Waals surface area contributed by atoms with Gasteiger partial charge in [0, 0.05) is 26.1 Å². The van der Waals surface area contributed by atoms with E-state index in [0.29, 0.717) is 38.6 Å². The number of aromatic amines is 1. The zero-order valence-corrected chi connectivity index (χ0v) is 39.1. The van der Waals surface area contributed by atoms with Gasteiger partial charge in [-0.15, -0.1) is 10.2 Å². The molecule has 0 aliphatic rings. The molecule has 0 aliphatic carbocycles. The van der Waals surface area contributed by atoms with Gasteiger partial charge in [0.2, 0.25) is 5.91 Å². The fourth-order valence-corrected chi connectivity index (χ4v) is 7.31. The average Bonchev–Trinajstić information content (AvgIpc) is 3.91. The van der Waals surface area contributed by atoms with Crippen molar-refractivity contribution in [2.24, 2.45) is 15.7 Å². The number of hydrogen-bond acceptors (Lipinski definition) is 21. The number of carbonyl (C=O) groups excluding carboxylic acids is 2. The van der Waals surface area contributed by atoms with E-state index in [-0.39, 0.29) is 53.1 Å². The van der Waals surface area contributed by atoms with Crippen molar-refractivity contribution >= 4 is 47.7 Å². The van der Waals surface area contributed by atoms with Gasteiger partial charge < -0.3 is 67.8 Å². The maximum absolute atomic E-state index is 13.2. The summed E-state index contributed by atoms with van der Waals surface area (Å²) in [5.74, 6) is -0.995. The van der Waals surface area contributed by atoms with Crippen LogP contribution in [0.3, 0.4) is 0 Å². The summed E-state index contributed by atoms with van der Waals surface area (Å²) in [6, 6.07) is 15.4. The molecule has 0 saturated heterocycles. The third-order valence-corrected chi connectivity index (χ3v) is 11.5. The predicted molar refractivity (Wildman–Crippen MR) is 255 cm³/mol. The van der Waals surface area contributed by atoms with Crippen LogP contribution < -0.4 is 22.1 Å². The van der Waals surface area contributed by atoms with Gasteiger partial charge in [-0.3, -0.25) is 24.8 Å². The standard InChI is InChI=1S/C44H64ClN13O12/c1-48-42-34(51-39(45)40(46)52-42)43(70)53-44(47)49-18-4-2-6-24-8-13-26(14-9-24)27-15-10-25(11-16-27)12-17-33(65)50-28(41-54-56-57-55-41)7-3-5-19-58(20-29(61)35(66)37(68)31(63)22-59)21-30(62)36(67)38(69)32(64)23-60/h8-11,13-16,28-32,35-38,59-64,66-69H,1-7,12,17-23H2,(H2,46,52)(H,50,65)(H3,47,49,53,70)(H,54,55,56,57)/t28-,29-,30-,31+,32+,35+,36+,37+,38+/m0/s1. The highest BCUT2D eigenvalue weighted by molar-refractivity contribution is 6.31. The minimum absolute atomic E-state index is 0.0857. The van der Waals surface area contributed by atoms with Crippen molar-refractivity contribution in [3.05, 3.63) is 76.3 Å². The molecule has 0 aliphatic heterocycles. The van der Waals surface area contributed by atoms with Crippen LogP contribution in [0.25, 0.3) is 11.1 Å². The monoisotopic (exact) mass is 1000 g/mol. The fourth-order valence-electron chi connectivity index (χ4n) is 7.18. The third kappa shape index (κ3) is 17.6. The van der Waals surface area contributed by atoms with Crippen LogP contribution in [0.4, 0.5) is 11.6 Å². The molecule has 4 aromatic rings. The lowest BCUT2D eigenvalue weighted by Gasteiger charge is -2.33. The number of nitrogen functional groups attached to an aromatic ring is 1. The quantitative estimate of drug-likeness (QED) is 0.0145. The number of nitrogens with two attached hydrogens (primary N) is 2. The highest BCUT2D eigenvalue weighted by Gasteiger charge is 2.34. The van der Waals surface area contributed by atoms with Crippen LogP contribution in [-0.2, 0) is 17.6 Å². The molecular weight excluding hydrogens is 938 g/mol. The van der Waals surface area contributed by atoms with E-state index >= 15 is 0 Å². The van der Waals surface area contributed by atoms with Crippen LogP contribution in [-0.4, -0.2) is 199 Å². The van der Waals surface area contributed by atoms with Crippen molar-refractivity contribution in [3.63, 3.8) is 0 Å². The van der Waals surface area contributed by atoms with E-state index in [9.17, 15) is 50.4 Å². The number of nitrogens with one attached hydrogen (secondary N) is 3. The number of hydrogen-bond donors (Lipinski definition) is 15. The summed E-state index contributed by atoms with van der Waals surface area (Å²) in [4.78, 5) is 42.8. The Morgan fingerprint density at radius 3 is 1.86 bits per heavy atom. The Morgan fingerprint density at radius 1 is 0.771 bits per heavy atom. The van der Waals surface area contributed by atoms with Crippen molar-refractivity contribution in [2.75, 3.05) is 45.1 Å². The number of nitrogens with zero attached hydrogens (tertiary/aromatic N) is 8. The highest BCUT2D eigenvalue weighted by atomic mass is 35.5. The minimum atomic E-state index is -1.91. The van der Waals surface area contributed by atoms with Crippen LogP contribution in [0.1, 0.15) is 72.0 Å². The van der Waals surface area contributed by atoms with Crippen molar-refractivity contribution in [1.29, 1.82) is 0 Å². The minimum Gasteiger partial charge on any atom is -0.394 e. The third-order valence-electron chi connectivity index (χ3n) is 11.3. The molecule has 70 heavy (non-hydrogen) atoms. The summed E-state index contributed by atoms with van der Waals surface area (Å²) < 4.78 is 0. The van der Waals surface area contributed by atoms with E-state index in [2.05, 4.69) is 70.1 Å². The first-order valence-corrected chi connectivity index (χ1v) is 22.8. The van der Waals surface area contributed by atoms with Gasteiger partial charge in [-0.1, -0.05) is 65.3 Å². The number of tetrazole rings is 1. The molecule has 2 amide bonds. The van der Waals surface area contributed by atoms with Crippen LogP contribution in [0.2, 0.25) is 5.15 Å². The number of aliphatic hydroxyl groups excluding tert-OH is 10.